The van der Waals surface area contributed by atoms with Crippen LogP contribution in [-0.4, -0.2) is 12.7 Å². The highest BCUT2D eigenvalue weighted by Crippen LogP contribution is 2.32. The Hall–Kier alpha value is -1.38. The van der Waals surface area contributed by atoms with Crippen molar-refractivity contribution < 1.29 is 9.47 Å². The summed E-state index contributed by atoms with van der Waals surface area (Å²) in [6, 6.07) is 5.72. The molecule has 3 heteroatoms. The van der Waals surface area contributed by atoms with Crippen molar-refractivity contribution in [1.29, 1.82) is 0 Å². The van der Waals surface area contributed by atoms with Gasteiger partial charge in [0.25, 0.3) is 0 Å². The van der Waals surface area contributed by atoms with E-state index >= 15 is 0 Å². The van der Waals surface area contributed by atoms with Gasteiger partial charge in [0.05, 0.1) is 12.7 Å². The molecular formula is C17H29NO2. The summed E-state index contributed by atoms with van der Waals surface area (Å²) in [7, 11) is 0. The van der Waals surface area contributed by atoms with Crippen LogP contribution >= 0.6 is 0 Å². The summed E-state index contributed by atoms with van der Waals surface area (Å²) in [5.74, 6) is 2.04. The molecular weight excluding hydrogens is 250 g/mol. The van der Waals surface area contributed by atoms with Gasteiger partial charge in [-0.15, -0.1) is 0 Å². The number of para-hydroxylation sites is 1. The number of nitrogen functional groups attached to an aromatic ring is 1. The maximum absolute atomic E-state index is 6.11. The van der Waals surface area contributed by atoms with Crippen LogP contribution in [0.3, 0.4) is 0 Å². The van der Waals surface area contributed by atoms with Crippen LogP contribution in [0.25, 0.3) is 0 Å². The predicted molar refractivity (Wildman–Crippen MR) is 85.4 cm³/mol. The van der Waals surface area contributed by atoms with Gasteiger partial charge in [-0.25, -0.2) is 0 Å². The van der Waals surface area contributed by atoms with E-state index in [9.17, 15) is 0 Å². The molecule has 1 atom stereocenters. The van der Waals surface area contributed by atoms with Crippen molar-refractivity contribution >= 4 is 5.69 Å². The second-order valence-electron chi connectivity index (χ2n) is 5.56. The molecule has 0 fully saturated rings. The van der Waals surface area contributed by atoms with Gasteiger partial charge in [-0.1, -0.05) is 39.2 Å². The molecule has 0 saturated heterocycles. The van der Waals surface area contributed by atoms with E-state index in [1.54, 1.807) is 0 Å². The Balaban J connectivity index is 2.63. The number of nitrogens with two attached hydrogens (primary N) is 1. The lowest BCUT2D eigenvalue weighted by Gasteiger charge is -2.18. The van der Waals surface area contributed by atoms with Gasteiger partial charge in [-0.2, -0.15) is 0 Å². The quantitative estimate of drug-likeness (QED) is 0.669. The van der Waals surface area contributed by atoms with E-state index in [1.165, 1.54) is 19.3 Å². The van der Waals surface area contributed by atoms with E-state index in [4.69, 9.17) is 15.2 Å². The van der Waals surface area contributed by atoms with Crippen molar-refractivity contribution in [2.24, 2.45) is 5.92 Å². The predicted octanol–water partition coefficient (Wildman–Crippen LogP) is 4.65. The average Bonchev–Trinajstić information content (AvgIpc) is 2.42. The van der Waals surface area contributed by atoms with Crippen molar-refractivity contribution in [2.45, 2.75) is 59.5 Å². The molecule has 0 radical (unpaired) electrons. The summed E-state index contributed by atoms with van der Waals surface area (Å²) in [5.41, 5.74) is 6.71. The van der Waals surface area contributed by atoms with E-state index in [2.05, 4.69) is 13.8 Å². The third kappa shape index (κ3) is 5.32. The van der Waals surface area contributed by atoms with Crippen molar-refractivity contribution in [2.75, 3.05) is 12.3 Å². The van der Waals surface area contributed by atoms with Crippen molar-refractivity contribution in [3.8, 4) is 11.5 Å². The second kappa shape index (κ2) is 8.72. The van der Waals surface area contributed by atoms with Gasteiger partial charge in [-0.05, 0) is 38.3 Å². The van der Waals surface area contributed by atoms with Gasteiger partial charge in [0.15, 0.2) is 0 Å². The number of unbranched alkanes of at least 4 members (excludes halogenated alkanes) is 1. The molecule has 0 bridgehead atoms. The fourth-order valence-corrected chi connectivity index (χ4v) is 2.11. The van der Waals surface area contributed by atoms with Crippen molar-refractivity contribution in [3.63, 3.8) is 0 Å². The molecule has 1 aromatic rings. The Labute approximate surface area is 123 Å². The molecule has 1 aromatic carbocycles. The molecule has 0 amide bonds. The third-order valence-corrected chi connectivity index (χ3v) is 3.41. The summed E-state index contributed by atoms with van der Waals surface area (Å²) < 4.78 is 11.6. The van der Waals surface area contributed by atoms with Gasteiger partial charge >= 0.3 is 0 Å². The largest absolute Gasteiger partial charge is 0.491 e. The molecule has 0 aliphatic heterocycles. The minimum Gasteiger partial charge on any atom is -0.491 e. The number of anilines is 1. The molecule has 0 aliphatic rings. The Morgan fingerprint density at radius 1 is 1.15 bits per heavy atom. The Morgan fingerprint density at radius 2 is 1.85 bits per heavy atom. The molecule has 114 valence electrons. The van der Waals surface area contributed by atoms with Gasteiger partial charge in [-0.3, -0.25) is 0 Å². The lowest BCUT2D eigenvalue weighted by atomic mass is 10.0. The highest BCUT2D eigenvalue weighted by Gasteiger charge is 2.11. The van der Waals surface area contributed by atoms with Crippen LogP contribution in [0, 0.1) is 5.92 Å². The summed E-state index contributed by atoms with van der Waals surface area (Å²) in [5, 5.41) is 0. The summed E-state index contributed by atoms with van der Waals surface area (Å²) in [4.78, 5) is 0. The van der Waals surface area contributed by atoms with Gasteiger partial charge in [0.2, 0.25) is 0 Å². The van der Waals surface area contributed by atoms with E-state index in [0.29, 0.717) is 17.4 Å². The number of ether oxygens (including phenoxy) is 2. The van der Waals surface area contributed by atoms with Crippen LogP contribution < -0.4 is 15.2 Å². The Bertz CT molecular complexity index is 391. The molecule has 1 rings (SSSR count). The molecule has 1 unspecified atom stereocenters. The standard InChI is InChI=1S/C17H29NO2/c1-5-7-9-14(6-2)12-19-15-10-8-11-16(17(15)18)20-13(3)4/h8,10-11,13-14H,5-7,9,12,18H2,1-4H3. The van der Waals surface area contributed by atoms with E-state index in [1.807, 2.05) is 32.0 Å². The maximum Gasteiger partial charge on any atom is 0.146 e. The fourth-order valence-electron chi connectivity index (χ4n) is 2.11. The first-order valence-electron chi connectivity index (χ1n) is 7.76. The van der Waals surface area contributed by atoms with Gasteiger partial charge in [0.1, 0.15) is 17.2 Å². The van der Waals surface area contributed by atoms with Crippen LogP contribution in [0.2, 0.25) is 0 Å². The third-order valence-electron chi connectivity index (χ3n) is 3.41. The van der Waals surface area contributed by atoms with Gasteiger partial charge in [0, 0.05) is 0 Å². The van der Waals surface area contributed by atoms with Crippen LogP contribution in [-0.2, 0) is 0 Å². The van der Waals surface area contributed by atoms with E-state index < -0.39 is 0 Å². The SMILES string of the molecule is CCCCC(CC)COc1cccc(OC(C)C)c1N. The van der Waals surface area contributed by atoms with Crippen LogP contribution in [0.4, 0.5) is 5.69 Å². The number of hydrogen-bond donors (Lipinski definition) is 1. The first kappa shape index (κ1) is 16.7. The zero-order valence-corrected chi connectivity index (χ0v) is 13.3. The van der Waals surface area contributed by atoms with E-state index in [-0.39, 0.29) is 6.10 Å². The Morgan fingerprint density at radius 3 is 2.45 bits per heavy atom. The highest BCUT2D eigenvalue weighted by atomic mass is 16.5. The molecule has 0 aromatic heterocycles. The molecule has 0 aliphatic carbocycles. The summed E-state index contributed by atoms with van der Waals surface area (Å²) in [6.07, 6.45) is 4.96. The molecule has 20 heavy (non-hydrogen) atoms. The lowest BCUT2D eigenvalue weighted by molar-refractivity contribution is 0.227. The van der Waals surface area contributed by atoms with E-state index in [0.717, 1.165) is 18.8 Å². The summed E-state index contributed by atoms with van der Waals surface area (Å²) >= 11 is 0. The highest BCUT2D eigenvalue weighted by molar-refractivity contribution is 5.62. The van der Waals surface area contributed by atoms with Crippen molar-refractivity contribution in [1.82, 2.24) is 0 Å². The first-order chi connectivity index (χ1) is 9.58. The maximum atomic E-state index is 6.11. The zero-order valence-electron chi connectivity index (χ0n) is 13.3. The van der Waals surface area contributed by atoms with Crippen LogP contribution in [0.15, 0.2) is 18.2 Å². The normalized spacial score (nSPS) is 12.4. The topological polar surface area (TPSA) is 44.5 Å². The van der Waals surface area contributed by atoms with Crippen LogP contribution in [0.1, 0.15) is 53.4 Å². The zero-order chi connectivity index (χ0) is 15.0. The van der Waals surface area contributed by atoms with Crippen molar-refractivity contribution in [3.05, 3.63) is 18.2 Å². The molecule has 0 spiro atoms. The average molecular weight is 279 g/mol. The number of benzene rings is 1. The number of hydrogen-bond acceptors (Lipinski definition) is 3. The minimum absolute atomic E-state index is 0.112. The minimum atomic E-state index is 0.112. The lowest BCUT2D eigenvalue weighted by Crippen LogP contribution is -2.13. The first-order valence-corrected chi connectivity index (χ1v) is 7.76. The molecule has 0 saturated carbocycles. The molecule has 3 nitrogen and oxygen atoms in total. The second-order valence-corrected chi connectivity index (χ2v) is 5.56. The van der Waals surface area contributed by atoms with Crippen LogP contribution in [0.5, 0.6) is 11.5 Å². The van der Waals surface area contributed by atoms with Gasteiger partial charge < -0.3 is 15.2 Å². The smallest absolute Gasteiger partial charge is 0.146 e. The molecule has 2 N–H and O–H groups in total. The summed E-state index contributed by atoms with van der Waals surface area (Å²) in [6.45, 7) is 9.14. The Kier molecular flexibility index (Phi) is 7.27. The fraction of sp³-hybridized carbons (Fsp3) is 0.647. The number of rotatable bonds is 9. The molecule has 0 heterocycles. The monoisotopic (exact) mass is 279 g/mol.